The molecule has 0 saturated heterocycles. The van der Waals surface area contributed by atoms with E-state index in [9.17, 15) is 0 Å². The molecule has 0 spiro atoms. The average Bonchev–Trinajstić information content (AvgIpc) is 2.79. The van der Waals surface area contributed by atoms with E-state index >= 15 is 0 Å². The summed E-state index contributed by atoms with van der Waals surface area (Å²) >= 11 is 0. The summed E-state index contributed by atoms with van der Waals surface area (Å²) in [7, 11) is 0. The maximum atomic E-state index is 6.03. The molecule has 1 aliphatic rings. The minimum absolute atomic E-state index is 0.127. The molecule has 0 amide bonds. The monoisotopic (exact) mass is 194 g/mol. The van der Waals surface area contributed by atoms with Gasteiger partial charge in [0.05, 0.1) is 11.4 Å². The van der Waals surface area contributed by atoms with Crippen LogP contribution in [0.3, 0.4) is 0 Å². The molecule has 0 unspecified atom stereocenters. The maximum Gasteiger partial charge on any atom is 0.0856 e. The first-order valence-corrected chi connectivity index (χ1v) is 5.32. The lowest BCUT2D eigenvalue weighted by atomic mass is 10.1. The molecule has 4 heteroatoms. The van der Waals surface area contributed by atoms with Crippen molar-refractivity contribution >= 4 is 0 Å². The smallest absolute Gasteiger partial charge is 0.0856 e. The van der Waals surface area contributed by atoms with Gasteiger partial charge in [0.1, 0.15) is 0 Å². The molecule has 1 fully saturated rings. The number of hydrogen-bond donors (Lipinski definition) is 1. The first kappa shape index (κ1) is 9.65. The van der Waals surface area contributed by atoms with Crippen LogP contribution in [0.5, 0.6) is 0 Å². The van der Waals surface area contributed by atoms with E-state index in [2.05, 4.69) is 24.2 Å². The largest absolute Gasteiger partial charge is 0.325 e. The molecule has 14 heavy (non-hydrogen) atoms. The quantitative estimate of drug-likeness (QED) is 0.779. The van der Waals surface area contributed by atoms with Crippen molar-refractivity contribution in [1.29, 1.82) is 0 Å². The van der Waals surface area contributed by atoms with Crippen molar-refractivity contribution in [3.05, 3.63) is 11.4 Å². The third kappa shape index (κ3) is 1.80. The fourth-order valence-corrected chi connectivity index (χ4v) is 1.71. The molecule has 1 aliphatic carbocycles. The molecular formula is C10H18N4. The summed E-state index contributed by atoms with van der Waals surface area (Å²) < 4.78 is 1.94. The molecule has 1 aromatic rings. The van der Waals surface area contributed by atoms with Gasteiger partial charge < -0.3 is 5.73 Å². The second kappa shape index (κ2) is 3.35. The van der Waals surface area contributed by atoms with E-state index in [0.29, 0.717) is 0 Å². The molecular weight excluding hydrogens is 176 g/mol. The summed E-state index contributed by atoms with van der Waals surface area (Å²) in [5.41, 5.74) is 8.46. The lowest BCUT2D eigenvalue weighted by Crippen LogP contribution is -2.22. The Bertz CT molecular complexity index is 325. The first-order chi connectivity index (χ1) is 6.64. The van der Waals surface area contributed by atoms with Crippen LogP contribution < -0.4 is 5.73 Å². The first-order valence-electron chi connectivity index (χ1n) is 5.32. The van der Waals surface area contributed by atoms with Gasteiger partial charge in [0, 0.05) is 12.1 Å². The zero-order valence-electron chi connectivity index (χ0n) is 8.95. The molecule has 0 atom stereocenters. The van der Waals surface area contributed by atoms with Gasteiger partial charge in [-0.25, -0.2) is 4.68 Å². The van der Waals surface area contributed by atoms with Gasteiger partial charge in [0.15, 0.2) is 0 Å². The van der Waals surface area contributed by atoms with Crippen molar-refractivity contribution in [2.75, 3.05) is 0 Å². The van der Waals surface area contributed by atoms with Crippen molar-refractivity contribution in [3.63, 3.8) is 0 Å². The average molecular weight is 194 g/mol. The van der Waals surface area contributed by atoms with E-state index in [4.69, 9.17) is 5.73 Å². The van der Waals surface area contributed by atoms with E-state index in [0.717, 1.165) is 25.1 Å². The summed E-state index contributed by atoms with van der Waals surface area (Å²) in [5.74, 6) is 0. The third-order valence-electron chi connectivity index (χ3n) is 3.13. The van der Waals surface area contributed by atoms with E-state index < -0.39 is 0 Å². The minimum Gasteiger partial charge on any atom is -0.325 e. The Balaban J connectivity index is 1.98. The molecule has 78 valence electrons. The van der Waals surface area contributed by atoms with E-state index in [1.165, 1.54) is 18.5 Å². The number of hydrogen-bond acceptors (Lipinski definition) is 3. The normalized spacial score (nSPS) is 18.5. The topological polar surface area (TPSA) is 56.7 Å². The predicted octanol–water partition coefficient (Wildman–Crippen LogP) is 1.03. The molecule has 1 aromatic heterocycles. The van der Waals surface area contributed by atoms with Gasteiger partial charge in [-0.3, -0.25) is 0 Å². The van der Waals surface area contributed by atoms with Crippen LogP contribution in [0.1, 0.15) is 37.6 Å². The Morgan fingerprint density at radius 3 is 2.71 bits per heavy atom. The Hall–Kier alpha value is -0.900. The number of nitrogens with zero attached hydrogens (tertiary/aromatic N) is 3. The number of aromatic nitrogens is 3. The standard InChI is InChI=1S/C10H18N4/c1-3-14-8(2)9(12-13-14)4-5-10(11)6-7-10/h3-7,11H2,1-2H3. The van der Waals surface area contributed by atoms with Gasteiger partial charge in [-0.05, 0) is 39.5 Å². The van der Waals surface area contributed by atoms with Crippen LogP contribution in [0.4, 0.5) is 0 Å². The van der Waals surface area contributed by atoms with Gasteiger partial charge in [0.2, 0.25) is 0 Å². The second-order valence-corrected chi connectivity index (χ2v) is 4.30. The zero-order valence-corrected chi connectivity index (χ0v) is 8.95. The van der Waals surface area contributed by atoms with Crippen LogP contribution in [-0.2, 0) is 13.0 Å². The van der Waals surface area contributed by atoms with Crippen molar-refractivity contribution in [3.8, 4) is 0 Å². The van der Waals surface area contributed by atoms with Crippen molar-refractivity contribution in [2.24, 2.45) is 5.73 Å². The Morgan fingerprint density at radius 1 is 1.50 bits per heavy atom. The summed E-state index contributed by atoms with van der Waals surface area (Å²) in [6.45, 7) is 5.05. The maximum absolute atomic E-state index is 6.03. The van der Waals surface area contributed by atoms with Gasteiger partial charge in [-0.2, -0.15) is 0 Å². The Kier molecular flexibility index (Phi) is 2.31. The molecule has 0 bridgehead atoms. The summed E-state index contributed by atoms with van der Waals surface area (Å²) in [5, 5.41) is 8.26. The molecule has 0 radical (unpaired) electrons. The third-order valence-corrected chi connectivity index (χ3v) is 3.13. The van der Waals surface area contributed by atoms with Gasteiger partial charge in [0.25, 0.3) is 0 Å². The van der Waals surface area contributed by atoms with Gasteiger partial charge >= 0.3 is 0 Å². The summed E-state index contributed by atoms with van der Waals surface area (Å²) in [4.78, 5) is 0. The van der Waals surface area contributed by atoms with Crippen LogP contribution in [0.2, 0.25) is 0 Å². The van der Waals surface area contributed by atoms with Crippen molar-refractivity contribution < 1.29 is 0 Å². The van der Waals surface area contributed by atoms with Crippen molar-refractivity contribution in [1.82, 2.24) is 15.0 Å². The number of aryl methyl sites for hydroxylation is 2. The summed E-state index contributed by atoms with van der Waals surface area (Å²) in [6.07, 6.45) is 4.38. The SMILES string of the molecule is CCn1nnc(CCC2(N)CC2)c1C. The molecule has 0 aromatic carbocycles. The van der Waals surface area contributed by atoms with Gasteiger partial charge in [-0.15, -0.1) is 5.10 Å². The highest BCUT2D eigenvalue weighted by Gasteiger charge is 2.37. The molecule has 2 rings (SSSR count). The highest BCUT2D eigenvalue weighted by molar-refractivity contribution is 5.10. The Labute approximate surface area is 84.5 Å². The number of rotatable bonds is 4. The molecule has 0 aliphatic heterocycles. The van der Waals surface area contributed by atoms with E-state index in [-0.39, 0.29) is 5.54 Å². The Morgan fingerprint density at radius 2 is 2.21 bits per heavy atom. The molecule has 1 heterocycles. The van der Waals surface area contributed by atoms with Crippen LogP contribution in [0.25, 0.3) is 0 Å². The highest BCUT2D eigenvalue weighted by Crippen LogP contribution is 2.36. The van der Waals surface area contributed by atoms with Crippen LogP contribution >= 0.6 is 0 Å². The lowest BCUT2D eigenvalue weighted by Gasteiger charge is -2.06. The van der Waals surface area contributed by atoms with Crippen LogP contribution in [0, 0.1) is 6.92 Å². The fraction of sp³-hybridized carbons (Fsp3) is 0.800. The summed E-state index contributed by atoms with van der Waals surface area (Å²) in [6, 6.07) is 0. The molecule has 1 saturated carbocycles. The van der Waals surface area contributed by atoms with E-state index in [1.807, 2.05) is 4.68 Å². The second-order valence-electron chi connectivity index (χ2n) is 4.30. The minimum atomic E-state index is 0.127. The van der Waals surface area contributed by atoms with E-state index in [1.54, 1.807) is 0 Å². The fourth-order valence-electron chi connectivity index (χ4n) is 1.71. The van der Waals surface area contributed by atoms with Crippen molar-refractivity contribution in [2.45, 2.75) is 51.6 Å². The van der Waals surface area contributed by atoms with Crippen LogP contribution in [-0.4, -0.2) is 20.5 Å². The molecule has 2 N–H and O–H groups in total. The highest BCUT2D eigenvalue weighted by atomic mass is 15.4. The molecule has 4 nitrogen and oxygen atoms in total. The zero-order chi connectivity index (χ0) is 10.2. The number of nitrogens with two attached hydrogens (primary N) is 1. The van der Waals surface area contributed by atoms with Crippen LogP contribution in [0.15, 0.2) is 0 Å². The van der Waals surface area contributed by atoms with Gasteiger partial charge in [-0.1, -0.05) is 5.21 Å². The predicted molar refractivity (Wildman–Crippen MR) is 54.9 cm³/mol. The lowest BCUT2D eigenvalue weighted by molar-refractivity contribution is 0.601.